The van der Waals surface area contributed by atoms with Crippen molar-refractivity contribution in [1.82, 2.24) is 24.8 Å². The first-order chi connectivity index (χ1) is 13.7. The molecule has 146 valence electrons. The van der Waals surface area contributed by atoms with Crippen LogP contribution >= 0.6 is 0 Å². The second-order valence-corrected chi connectivity index (χ2v) is 8.19. The topological polar surface area (TPSA) is 82.2 Å². The van der Waals surface area contributed by atoms with Gasteiger partial charge in [0.15, 0.2) is 0 Å². The molecule has 0 atom stereocenters. The van der Waals surface area contributed by atoms with Crippen molar-refractivity contribution in [3.8, 4) is 0 Å². The molecule has 1 saturated heterocycles. The third kappa shape index (κ3) is 2.89. The van der Waals surface area contributed by atoms with Crippen LogP contribution in [0, 0.1) is 5.92 Å². The molecule has 0 radical (unpaired) electrons. The molecular weight excluding hydrogens is 354 g/mol. The van der Waals surface area contributed by atoms with E-state index in [0.717, 1.165) is 55.6 Å². The molecule has 2 fully saturated rings. The first-order valence-corrected chi connectivity index (χ1v) is 10.2. The van der Waals surface area contributed by atoms with E-state index in [1.165, 1.54) is 0 Å². The van der Waals surface area contributed by atoms with E-state index in [-0.39, 0.29) is 23.3 Å². The second-order valence-electron chi connectivity index (χ2n) is 8.19. The second kappa shape index (κ2) is 6.72. The number of nitrogens with zero attached hydrogens (tertiary/aromatic N) is 4. The van der Waals surface area contributed by atoms with E-state index < -0.39 is 0 Å². The molecule has 2 amide bonds. The van der Waals surface area contributed by atoms with Crippen LogP contribution in [0.15, 0.2) is 30.9 Å². The molecule has 2 aromatic heterocycles. The zero-order valence-electron chi connectivity index (χ0n) is 15.9. The lowest BCUT2D eigenvalue weighted by Gasteiger charge is -2.50. The van der Waals surface area contributed by atoms with E-state index >= 15 is 0 Å². The number of likely N-dealkylation sites (tertiary alicyclic amines) is 1. The Kier molecular flexibility index (Phi) is 4.18. The number of imidazole rings is 1. The van der Waals surface area contributed by atoms with Crippen LogP contribution in [0.3, 0.4) is 0 Å². The highest BCUT2D eigenvalue weighted by Crippen LogP contribution is 2.45. The van der Waals surface area contributed by atoms with Gasteiger partial charge in [-0.3, -0.25) is 14.6 Å². The zero-order chi connectivity index (χ0) is 19.1. The van der Waals surface area contributed by atoms with Gasteiger partial charge in [0, 0.05) is 50.1 Å². The zero-order valence-corrected chi connectivity index (χ0v) is 15.9. The van der Waals surface area contributed by atoms with Gasteiger partial charge in [0.2, 0.25) is 11.8 Å². The third-order valence-electron chi connectivity index (χ3n) is 6.48. The van der Waals surface area contributed by atoms with Crippen molar-refractivity contribution in [3.63, 3.8) is 0 Å². The molecule has 1 spiro atoms. The Morgan fingerprint density at radius 1 is 1.21 bits per heavy atom. The highest BCUT2D eigenvalue weighted by Gasteiger charge is 2.51. The summed E-state index contributed by atoms with van der Waals surface area (Å²) in [5, 5.41) is 0. The molecule has 1 N–H and O–H groups in total. The van der Waals surface area contributed by atoms with Crippen LogP contribution in [0.5, 0.6) is 0 Å². The number of hydrogen-bond donors (Lipinski definition) is 1. The van der Waals surface area contributed by atoms with Crippen molar-refractivity contribution in [2.75, 3.05) is 19.6 Å². The molecular formula is C21H25N5O2. The summed E-state index contributed by atoms with van der Waals surface area (Å²) in [6.45, 7) is 2.05. The van der Waals surface area contributed by atoms with Crippen molar-refractivity contribution in [3.05, 3.63) is 47.8 Å². The fourth-order valence-corrected chi connectivity index (χ4v) is 4.77. The number of aromatic nitrogens is 3. The normalized spacial score (nSPS) is 20.9. The van der Waals surface area contributed by atoms with Gasteiger partial charge in [-0.2, -0.15) is 0 Å². The number of H-pyrrole nitrogens is 1. The number of hydrogen-bond acceptors (Lipinski definition) is 4. The van der Waals surface area contributed by atoms with E-state index in [0.29, 0.717) is 19.5 Å². The third-order valence-corrected chi connectivity index (χ3v) is 6.48. The molecule has 5 rings (SSSR count). The summed E-state index contributed by atoms with van der Waals surface area (Å²) in [5.74, 6) is 0.604. The van der Waals surface area contributed by atoms with Gasteiger partial charge in [-0.15, -0.1) is 0 Å². The van der Waals surface area contributed by atoms with Crippen LogP contribution in [0.25, 0.3) is 0 Å². The molecule has 28 heavy (non-hydrogen) atoms. The van der Waals surface area contributed by atoms with E-state index in [4.69, 9.17) is 0 Å². The molecule has 7 heteroatoms. The predicted molar refractivity (Wildman–Crippen MR) is 102 cm³/mol. The van der Waals surface area contributed by atoms with Crippen LogP contribution in [-0.4, -0.2) is 56.2 Å². The molecule has 3 aliphatic rings. The summed E-state index contributed by atoms with van der Waals surface area (Å²) in [6, 6.07) is 3.79. The number of rotatable bonds is 3. The van der Waals surface area contributed by atoms with E-state index in [1.807, 2.05) is 17.0 Å². The molecule has 0 bridgehead atoms. The number of amides is 2. The largest absolute Gasteiger partial charge is 0.348 e. The Balaban J connectivity index is 1.35. The number of fused-ring (bicyclic) bond motifs is 2. The minimum Gasteiger partial charge on any atom is -0.348 e. The maximum atomic E-state index is 13.0. The highest BCUT2D eigenvalue weighted by atomic mass is 16.2. The first-order valence-electron chi connectivity index (χ1n) is 10.2. The lowest BCUT2D eigenvalue weighted by molar-refractivity contribution is -0.145. The van der Waals surface area contributed by atoms with Crippen molar-refractivity contribution < 1.29 is 9.59 Å². The minimum atomic E-state index is -0.363. The van der Waals surface area contributed by atoms with Crippen LogP contribution in [-0.2, 0) is 28.0 Å². The number of piperidine rings is 1. The van der Waals surface area contributed by atoms with Gasteiger partial charge >= 0.3 is 0 Å². The fraction of sp³-hybridized carbons (Fsp3) is 0.524. The average molecular weight is 379 g/mol. The van der Waals surface area contributed by atoms with Gasteiger partial charge in [0.25, 0.3) is 0 Å². The summed E-state index contributed by atoms with van der Waals surface area (Å²) in [5.41, 5.74) is 2.74. The summed E-state index contributed by atoms with van der Waals surface area (Å²) in [4.78, 5) is 41.8. The van der Waals surface area contributed by atoms with Crippen LogP contribution in [0.1, 0.15) is 42.6 Å². The molecule has 7 nitrogen and oxygen atoms in total. The van der Waals surface area contributed by atoms with Gasteiger partial charge in [-0.1, -0.05) is 6.07 Å². The van der Waals surface area contributed by atoms with Crippen molar-refractivity contribution in [2.45, 2.75) is 44.1 Å². The molecule has 1 aliphatic carbocycles. The van der Waals surface area contributed by atoms with Gasteiger partial charge < -0.3 is 14.8 Å². The Bertz CT molecular complexity index is 881. The number of aromatic amines is 1. The van der Waals surface area contributed by atoms with Crippen molar-refractivity contribution in [1.29, 1.82) is 0 Å². The maximum Gasteiger partial charge on any atom is 0.227 e. The fourth-order valence-electron chi connectivity index (χ4n) is 4.77. The average Bonchev–Trinajstić information content (AvgIpc) is 3.46. The molecule has 0 aromatic carbocycles. The monoisotopic (exact) mass is 379 g/mol. The summed E-state index contributed by atoms with van der Waals surface area (Å²) >= 11 is 0. The molecule has 0 unspecified atom stereocenters. The molecule has 2 aromatic rings. The Morgan fingerprint density at radius 2 is 2.04 bits per heavy atom. The lowest BCUT2D eigenvalue weighted by atomic mass is 9.78. The van der Waals surface area contributed by atoms with Crippen molar-refractivity contribution in [2.24, 2.45) is 5.92 Å². The smallest absolute Gasteiger partial charge is 0.227 e. The molecule has 2 aliphatic heterocycles. The van der Waals surface area contributed by atoms with E-state index in [9.17, 15) is 9.59 Å². The van der Waals surface area contributed by atoms with E-state index in [1.54, 1.807) is 18.7 Å². The maximum absolute atomic E-state index is 13.0. The predicted octanol–water partition coefficient (Wildman–Crippen LogP) is 1.66. The Morgan fingerprint density at radius 3 is 2.75 bits per heavy atom. The minimum absolute atomic E-state index is 0.126. The SMILES string of the molecule is O=C(Cc1cccnc1)N1CCC2(CC1)c1nc[nH]c1CCN2C(=O)C1CC1. The Hall–Kier alpha value is -2.70. The van der Waals surface area contributed by atoms with Crippen molar-refractivity contribution >= 4 is 11.8 Å². The summed E-state index contributed by atoms with van der Waals surface area (Å²) < 4.78 is 0. The van der Waals surface area contributed by atoms with Crippen LogP contribution < -0.4 is 0 Å². The number of carbonyl (C=O) groups excluding carboxylic acids is 2. The first kappa shape index (κ1) is 17.4. The summed E-state index contributed by atoms with van der Waals surface area (Å²) in [7, 11) is 0. The quantitative estimate of drug-likeness (QED) is 0.879. The van der Waals surface area contributed by atoms with Gasteiger partial charge in [-0.25, -0.2) is 4.98 Å². The highest BCUT2D eigenvalue weighted by molar-refractivity contribution is 5.82. The van der Waals surface area contributed by atoms with E-state index in [2.05, 4.69) is 19.9 Å². The number of nitrogens with one attached hydrogen (secondary N) is 1. The van der Waals surface area contributed by atoms with Gasteiger partial charge in [0.05, 0.1) is 24.0 Å². The van der Waals surface area contributed by atoms with Crippen LogP contribution in [0.2, 0.25) is 0 Å². The lowest BCUT2D eigenvalue weighted by Crippen LogP contribution is -2.59. The van der Waals surface area contributed by atoms with Gasteiger partial charge in [0.1, 0.15) is 0 Å². The van der Waals surface area contributed by atoms with Gasteiger partial charge in [-0.05, 0) is 37.3 Å². The molecule has 4 heterocycles. The molecule has 1 saturated carbocycles. The summed E-state index contributed by atoms with van der Waals surface area (Å²) in [6.07, 6.45) is 9.94. The standard InChI is InChI=1S/C21H25N5O2/c27-18(12-15-2-1-8-22-13-15)25-10-6-21(7-11-25)19-17(23-14-24-19)5-9-26(21)20(28)16-3-4-16/h1-2,8,13-14,16H,3-7,9-12H2,(H,23,24). The Labute approximate surface area is 164 Å². The number of carbonyl (C=O) groups is 2. The van der Waals surface area contributed by atoms with Crippen LogP contribution in [0.4, 0.5) is 0 Å². The number of pyridine rings is 1.